The van der Waals surface area contributed by atoms with Crippen molar-refractivity contribution in [1.29, 1.82) is 0 Å². The van der Waals surface area contributed by atoms with Gasteiger partial charge in [0.2, 0.25) is 11.1 Å². The van der Waals surface area contributed by atoms with E-state index in [1.54, 1.807) is 6.92 Å². The second-order valence-electron chi connectivity index (χ2n) is 2.75. The van der Waals surface area contributed by atoms with Crippen LogP contribution >= 0.6 is 0 Å². The number of carbonyl (C=O) groups is 1. The molecule has 1 aromatic heterocycles. The third-order valence-electron chi connectivity index (χ3n) is 1.70. The van der Waals surface area contributed by atoms with Gasteiger partial charge in [0.1, 0.15) is 12.3 Å². The Kier molecular flexibility index (Phi) is 4.59. The second kappa shape index (κ2) is 5.73. The third-order valence-corrected chi connectivity index (χ3v) is 2.46. The van der Waals surface area contributed by atoms with Crippen molar-refractivity contribution in [1.82, 2.24) is 9.78 Å². The van der Waals surface area contributed by atoms with Crippen LogP contribution in [0, 0.1) is 0 Å². The van der Waals surface area contributed by atoms with Crippen molar-refractivity contribution >= 4 is 17.0 Å². The first-order valence-electron chi connectivity index (χ1n) is 4.44. The van der Waals surface area contributed by atoms with Gasteiger partial charge in [-0.3, -0.25) is 0 Å². The fraction of sp³-hybridized carbons (Fsp3) is 0.500. The number of hydrogen-bond acceptors (Lipinski definition) is 5. The molecule has 1 aromatic rings. The minimum Gasteiger partial charge on any atom is -0.462 e. The van der Waals surface area contributed by atoms with Gasteiger partial charge in [0.25, 0.3) is 0 Å². The molecule has 0 aliphatic heterocycles. The summed E-state index contributed by atoms with van der Waals surface area (Å²) in [7, 11) is 1.41. The van der Waals surface area contributed by atoms with Crippen LogP contribution in [0.15, 0.2) is 11.2 Å². The van der Waals surface area contributed by atoms with Crippen LogP contribution in [-0.2, 0) is 27.3 Å². The third kappa shape index (κ3) is 2.65. The first-order chi connectivity index (χ1) is 7.61. The lowest BCUT2D eigenvalue weighted by Gasteiger charge is -2.04. The number of esters is 1. The van der Waals surface area contributed by atoms with Crippen LogP contribution in [0.5, 0.6) is 0 Å². The van der Waals surface area contributed by atoms with Crippen molar-refractivity contribution in [2.24, 2.45) is 0 Å². The fourth-order valence-corrected chi connectivity index (χ4v) is 1.73. The number of ether oxygens (including phenoxy) is 2. The summed E-state index contributed by atoms with van der Waals surface area (Å²) in [5.41, 5.74) is -0.0280. The molecule has 0 spiro atoms. The Morgan fingerprint density at radius 1 is 1.69 bits per heavy atom. The average molecular weight is 248 g/mol. The molecule has 0 aliphatic carbocycles. The normalized spacial score (nSPS) is 12.4. The van der Waals surface area contributed by atoms with Gasteiger partial charge in [0.15, 0.2) is 5.03 Å². The summed E-state index contributed by atoms with van der Waals surface area (Å²) in [5, 5.41) is 3.64. The Balaban J connectivity index is 3.09. The van der Waals surface area contributed by atoms with Gasteiger partial charge in [-0.25, -0.2) is 13.7 Å². The average Bonchev–Trinajstić information content (AvgIpc) is 2.62. The van der Waals surface area contributed by atoms with Gasteiger partial charge in [0, 0.05) is 7.11 Å². The molecule has 1 unspecified atom stereocenters. The molecule has 0 radical (unpaired) electrons. The van der Waals surface area contributed by atoms with E-state index in [9.17, 15) is 9.00 Å². The van der Waals surface area contributed by atoms with Crippen LogP contribution in [-0.4, -0.2) is 38.2 Å². The molecule has 1 rings (SSSR count). The summed E-state index contributed by atoms with van der Waals surface area (Å²) in [6.07, 6.45) is 1.18. The molecule has 0 aromatic carbocycles. The lowest BCUT2D eigenvalue weighted by atomic mass is 10.4. The van der Waals surface area contributed by atoms with Crippen molar-refractivity contribution in [3.05, 3.63) is 11.8 Å². The number of rotatable bonds is 5. The molecule has 1 atom stereocenters. The quantitative estimate of drug-likeness (QED) is 0.593. The molecular formula is C8H12N2O5S. The Labute approximate surface area is 94.6 Å². The van der Waals surface area contributed by atoms with Crippen molar-refractivity contribution in [2.45, 2.75) is 18.7 Å². The zero-order chi connectivity index (χ0) is 12.1. The lowest BCUT2D eigenvalue weighted by molar-refractivity contribution is 0.0519. The monoisotopic (exact) mass is 248 g/mol. The fourth-order valence-electron chi connectivity index (χ4n) is 1.12. The lowest BCUT2D eigenvalue weighted by Crippen LogP contribution is -2.12. The predicted molar refractivity (Wildman–Crippen MR) is 54.2 cm³/mol. The standard InChI is InChI=1S/C8H12N2O5S/c1-3-15-8(11)6-4-9-10(5-14-2)7(6)16(12)13/h4H,3,5H2,1-2H3,(H,12,13). The van der Waals surface area contributed by atoms with E-state index in [0.29, 0.717) is 0 Å². The number of methoxy groups -OCH3 is 1. The second-order valence-corrected chi connectivity index (χ2v) is 3.64. The summed E-state index contributed by atoms with van der Waals surface area (Å²) in [6, 6.07) is 0. The predicted octanol–water partition coefficient (Wildman–Crippen LogP) is 0.244. The molecule has 90 valence electrons. The van der Waals surface area contributed by atoms with E-state index < -0.39 is 17.0 Å². The van der Waals surface area contributed by atoms with Gasteiger partial charge in [0.05, 0.1) is 12.8 Å². The van der Waals surface area contributed by atoms with E-state index >= 15 is 0 Å². The summed E-state index contributed by atoms with van der Waals surface area (Å²) in [5.74, 6) is -0.678. The van der Waals surface area contributed by atoms with Gasteiger partial charge >= 0.3 is 5.97 Å². The van der Waals surface area contributed by atoms with Crippen molar-refractivity contribution < 1.29 is 23.0 Å². The Bertz CT molecular complexity index is 403. The minimum atomic E-state index is -2.33. The molecule has 0 aliphatic rings. The number of hydrogen-bond donors (Lipinski definition) is 1. The van der Waals surface area contributed by atoms with Crippen molar-refractivity contribution in [2.75, 3.05) is 13.7 Å². The van der Waals surface area contributed by atoms with Crippen LogP contribution in [0.1, 0.15) is 17.3 Å². The summed E-state index contributed by atoms with van der Waals surface area (Å²) < 4.78 is 30.8. The van der Waals surface area contributed by atoms with Gasteiger partial charge in [-0.15, -0.1) is 0 Å². The van der Waals surface area contributed by atoms with Crippen LogP contribution < -0.4 is 0 Å². The minimum absolute atomic E-state index is 0.0129. The highest BCUT2D eigenvalue weighted by Crippen LogP contribution is 2.13. The van der Waals surface area contributed by atoms with Crippen molar-refractivity contribution in [3.63, 3.8) is 0 Å². The molecule has 0 bridgehead atoms. The van der Waals surface area contributed by atoms with Gasteiger partial charge in [-0.2, -0.15) is 5.10 Å². The highest BCUT2D eigenvalue weighted by molar-refractivity contribution is 7.79. The van der Waals surface area contributed by atoms with Crippen LogP contribution in [0.2, 0.25) is 0 Å². The van der Waals surface area contributed by atoms with Crippen LogP contribution in [0.25, 0.3) is 0 Å². The molecule has 0 saturated heterocycles. The molecule has 0 fully saturated rings. The molecular weight excluding hydrogens is 236 g/mol. The van der Waals surface area contributed by atoms with Crippen LogP contribution in [0.4, 0.5) is 0 Å². The van der Waals surface area contributed by atoms with E-state index in [2.05, 4.69) is 5.10 Å². The highest BCUT2D eigenvalue weighted by Gasteiger charge is 2.22. The van der Waals surface area contributed by atoms with Crippen LogP contribution in [0.3, 0.4) is 0 Å². The smallest absolute Gasteiger partial charge is 0.342 e. The number of aromatic nitrogens is 2. The Hall–Kier alpha value is -1.25. The first kappa shape index (κ1) is 12.8. The van der Waals surface area contributed by atoms with Crippen molar-refractivity contribution in [3.8, 4) is 0 Å². The van der Waals surface area contributed by atoms with E-state index in [1.165, 1.54) is 13.3 Å². The topological polar surface area (TPSA) is 90.6 Å². The summed E-state index contributed by atoms with van der Waals surface area (Å²) >= 11 is -2.33. The largest absolute Gasteiger partial charge is 0.462 e. The zero-order valence-electron chi connectivity index (χ0n) is 8.87. The summed E-state index contributed by atoms with van der Waals surface area (Å²) in [6.45, 7) is 1.82. The summed E-state index contributed by atoms with van der Waals surface area (Å²) in [4.78, 5) is 11.4. The van der Waals surface area contributed by atoms with Gasteiger partial charge < -0.3 is 14.0 Å². The maximum atomic E-state index is 11.4. The van der Waals surface area contributed by atoms with E-state index in [1.807, 2.05) is 0 Å². The maximum absolute atomic E-state index is 11.4. The van der Waals surface area contributed by atoms with Gasteiger partial charge in [-0.1, -0.05) is 0 Å². The van der Waals surface area contributed by atoms with E-state index in [-0.39, 0.29) is 23.9 Å². The maximum Gasteiger partial charge on any atom is 0.342 e. The molecule has 1 heterocycles. The van der Waals surface area contributed by atoms with Gasteiger partial charge in [-0.05, 0) is 6.92 Å². The Morgan fingerprint density at radius 3 is 2.88 bits per heavy atom. The molecule has 0 amide bonds. The first-order valence-corrected chi connectivity index (χ1v) is 5.55. The zero-order valence-corrected chi connectivity index (χ0v) is 9.69. The molecule has 8 heteroatoms. The molecule has 7 nitrogen and oxygen atoms in total. The molecule has 1 N–H and O–H groups in total. The number of carbonyl (C=O) groups excluding carboxylic acids is 1. The van der Waals surface area contributed by atoms with E-state index in [0.717, 1.165) is 4.68 Å². The molecule has 16 heavy (non-hydrogen) atoms. The highest BCUT2D eigenvalue weighted by atomic mass is 32.2. The SMILES string of the molecule is CCOC(=O)c1cnn(COC)c1S(=O)O. The van der Waals surface area contributed by atoms with E-state index in [4.69, 9.17) is 14.0 Å². The Morgan fingerprint density at radius 2 is 2.38 bits per heavy atom. The number of nitrogens with zero attached hydrogens (tertiary/aromatic N) is 2. The molecule has 0 saturated carbocycles.